The van der Waals surface area contributed by atoms with Crippen LogP contribution in [-0.4, -0.2) is 58.8 Å². The van der Waals surface area contributed by atoms with Gasteiger partial charge in [0.05, 0.1) is 17.5 Å². The molecule has 10 heteroatoms. The summed E-state index contributed by atoms with van der Waals surface area (Å²) in [4.78, 5) is 13.0. The number of carbonyl (C=O) groups excluding carboxylic acids is 1. The molecule has 1 unspecified atom stereocenters. The topological polar surface area (TPSA) is 96.7 Å². The number of nitrogens with one attached hydrogen (secondary N) is 1. The first-order valence-electron chi connectivity index (χ1n) is 9.85. The number of pyridine rings is 1. The molecule has 1 N–H and O–H groups in total. The Bertz CT molecular complexity index is 1180. The van der Waals surface area contributed by atoms with Crippen LogP contribution in [0.1, 0.15) is 29.4 Å². The second-order valence-corrected chi connectivity index (χ2v) is 10.4. The average molecular weight is 462 g/mol. The van der Waals surface area contributed by atoms with E-state index in [1.54, 1.807) is 30.0 Å². The van der Waals surface area contributed by atoms with Crippen molar-refractivity contribution in [1.29, 1.82) is 0 Å². The second kappa shape index (κ2) is 9.80. The fraction of sp³-hybridized carbons (Fsp3) is 0.381. The first-order chi connectivity index (χ1) is 14.7. The molecule has 2 aromatic heterocycles. The summed E-state index contributed by atoms with van der Waals surface area (Å²) in [6, 6.07) is 10.2. The summed E-state index contributed by atoms with van der Waals surface area (Å²) >= 11 is 1.66. The number of hydrogen-bond donors (Lipinski definition) is 1. The van der Waals surface area contributed by atoms with Crippen molar-refractivity contribution in [2.75, 3.05) is 25.6 Å². The molecule has 3 rings (SSSR count). The van der Waals surface area contributed by atoms with Crippen LogP contribution >= 0.6 is 11.8 Å². The Hall–Kier alpha value is -2.43. The van der Waals surface area contributed by atoms with Crippen molar-refractivity contribution in [2.45, 2.75) is 31.2 Å². The van der Waals surface area contributed by atoms with Gasteiger partial charge in [0.25, 0.3) is 0 Å². The van der Waals surface area contributed by atoms with Crippen molar-refractivity contribution >= 4 is 33.3 Å². The second-order valence-electron chi connectivity index (χ2n) is 7.40. The summed E-state index contributed by atoms with van der Waals surface area (Å²) in [6.45, 7) is 3.49. The van der Waals surface area contributed by atoms with E-state index in [1.807, 2.05) is 48.9 Å². The van der Waals surface area contributed by atoms with Crippen molar-refractivity contribution in [1.82, 2.24) is 24.2 Å². The van der Waals surface area contributed by atoms with Crippen LogP contribution in [0.15, 0.2) is 47.5 Å². The lowest BCUT2D eigenvalue weighted by atomic mass is 10.1. The number of aromatic nitrogens is 3. The highest BCUT2D eigenvalue weighted by atomic mass is 32.2. The van der Waals surface area contributed by atoms with E-state index in [2.05, 4.69) is 15.5 Å². The van der Waals surface area contributed by atoms with Crippen LogP contribution in [0, 0.1) is 13.8 Å². The van der Waals surface area contributed by atoms with Gasteiger partial charge in [0.1, 0.15) is 0 Å². The molecule has 0 aliphatic carbocycles. The number of likely N-dealkylation sites (N-methyl/N-ethyl adjacent to an activating group) is 1. The molecule has 8 nitrogen and oxygen atoms in total. The third kappa shape index (κ3) is 5.25. The lowest BCUT2D eigenvalue weighted by Crippen LogP contribution is -2.40. The molecule has 0 fully saturated rings. The average Bonchev–Trinajstić information content (AvgIpc) is 3.17. The van der Waals surface area contributed by atoms with Crippen molar-refractivity contribution < 1.29 is 13.2 Å². The summed E-state index contributed by atoms with van der Waals surface area (Å²) in [7, 11) is -2.37. The van der Waals surface area contributed by atoms with E-state index in [-0.39, 0.29) is 17.5 Å². The van der Waals surface area contributed by atoms with E-state index in [4.69, 9.17) is 0 Å². The number of amides is 1. The Morgan fingerprint density at radius 2 is 1.97 bits per heavy atom. The maximum atomic E-state index is 12.9. The van der Waals surface area contributed by atoms with Crippen molar-refractivity contribution in [2.24, 2.45) is 0 Å². The minimum Gasteiger partial charge on any atom is -0.345 e. The summed E-state index contributed by atoms with van der Waals surface area (Å²) < 4.78 is 28.7. The molecular formula is C21H27N5O3S2. The maximum Gasteiger partial charge on any atom is 0.243 e. The van der Waals surface area contributed by atoms with Crippen LogP contribution in [0.5, 0.6) is 0 Å². The summed E-state index contributed by atoms with van der Waals surface area (Å²) in [5.41, 5.74) is 2.58. The van der Waals surface area contributed by atoms with Gasteiger partial charge in [-0.2, -0.15) is 16.1 Å². The zero-order valence-corrected chi connectivity index (χ0v) is 19.7. The van der Waals surface area contributed by atoms with Crippen molar-refractivity contribution in [3.8, 4) is 0 Å². The van der Waals surface area contributed by atoms with Crippen LogP contribution in [0.3, 0.4) is 0 Å². The first-order valence-corrected chi connectivity index (χ1v) is 12.7. The van der Waals surface area contributed by atoms with Gasteiger partial charge in [0, 0.05) is 13.2 Å². The van der Waals surface area contributed by atoms with Gasteiger partial charge < -0.3 is 5.32 Å². The number of thioether (sulfide) groups is 1. The van der Waals surface area contributed by atoms with Gasteiger partial charge in [-0.1, -0.05) is 12.1 Å². The van der Waals surface area contributed by atoms with E-state index in [9.17, 15) is 13.2 Å². The Kier molecular flexibility index (Phi) is 7.34. The van der Waals surface area contributed by atoms with Gasteiger partial charge in [0.15, 0.2) is 11.5 Å². The number of nitrogens with zero attached hydrogens (tertiary/aromatic N) is 4. The Balaban J connectivity index is 1.76. The largest absolute Gasteiger partial charge is 0.345 e. The monoisotopic (exact) mass is 461 g/mol. The first kappa shape index (κ1) is 23.2. The van der Waals surface area contributed by atoms with E-state index < -0.39 is 15.9 Å². The van der Waals surface area contributed by atoms with Gasteiger partial charge in [-0.25, -0.2) is 8.42 Å². The molecule has 0 radical (unpaired) electrons. The molecule has 1 amide bonds. The van der Waals surface area contributed by atoms with Crippen LogP contribution in [0.2, 0.25) is 0 Å². The fourth-order valence-electron chi connectivity index (χ4n) is 3.18. The van der Waals surface area contributed by atoms with Gasteiger partial charge in [0.2, 0.25) is 15.9 Å². The molecule has 1 aromatic carbocycles. The van der Waals surface area contributed by atoms with Crippen molar-refractivity contribution in [3.63, 3.8) is 0 Å². The highest BCUT2D eigenvalue weighted by molar-refractivity contribution is 7.98. The molecule has 0 saturated carbocycles. The van der Waals surface area contributed by atoms with Gasteiger partial charge >= 0.3 is 0 Å². The van der Waals surface area contributed by atoms with E-state index in [1.165, 1.54) is 7.05 Å². The third-order valence-electron chi connectivity index (χ3n) is 5.15. The normalized spacial score (nSPS) is 12.9. The van der Waals surface area contributed by atoms with Crippen LogP contribution in [0.25, 0.3) is 5.65 Å². The van der Waals surface area contributed by atoms with E-state index in [0.717, 1.165) is 21.2 Å². The zero-order chi connectivity index (χ0) is 22.6. The Morgan fingerprint density at radius 3 is 2.68 bits per heavy atom. The van der Waals surface area contributed by atoms with E-state index >= 15 is 0 Å². The number of sulfonamides is 1. The third-order valence-corrected chi connectivity index (χ3v) is 7.59. The molecule has 166 valence electrons. The van der Waals surface area contributed by atoms with Gasteiger partial charge in [-0.05, 0) is 67.7 Å². The molecule has 0 aliphatic rings. The predicted octanol–water partition coefficient (Wildman–Crippen LogP) is 2.58. The minimum absolute atomic E-state index is 0.174. The molecule has 3 aromatic rings. The number of aryl methyl sites for hydroxylation is 2. The van der Waals surface area contributed by atoms with Gasteiger partial charge in [-0.3, -0.25) is 9.20 Å². The maximum absolute atomic E-state index is 12.9. The highest BCUT2D eigenvalue weighted by Crippen LogP contribution is 2.20. The SMILES string of the molecule is CSCCC(NC(=O)CN(C)S(=O)(=O)c1ccc(C)c(C)c1)c1nnc2ccccn12. The lowest BCUT2D eigenvalue weighted by Gasteiger charge is -2.21. The Morgan fingerprint density at radius 1 is 1.19 bits per heavy atom. The quantitative estimate of drug-likeness (QED) is 0.526. The standard InChI is InChI=1S/C21H27N5O3S2/c1-15-8-9-17(13-16(15)2)31(28,29)25(3)14-20(27)22-18(10-12-30-4)21-24-23-19-7-5-6-11-26(19)21/h5-9,11,13,18H,10,12,14H2,1-4H3,(H,22,27). The molecule has 0 aliphatic heterocycles. The van der Waals surface area contributed by atoms with E-state index in [0.29, 0.717) is 17.9 Å². The fourth-order valence-corrected chi connectivity index (χ4v) is 4.86. The number of rotatable bonds is 9. The summed E-state index contributed by atoms with van der Waals surface area (Å²) in [5, 5.41) is 11.4. The van der Waals surface area contributed by atoms with Crippen LogP contribution in [0.4, 0.5) is 0 Å². The van der Waals surface area contributed by atoms with Gasteiger partial charge in [-0.15, -0.1) is 10.2 Å². The predicted molar refractivity (Wildman–Crippen MR) is 123 cm³/mol. The number of benzene rings is 1. The molecule has 1 atom stereocenters. The molecule has 0 saturated heterocycles. The minimum atomic E-state index is -3.78. The zero-order valence-electron chi connectivity index (χ0n) is 18.1. The Labute approximate surface area is 187 Å². The number of hydrogen-bond acceptors (Lipinski definition) is 6. The highest BCUT2D eigenvalue weighted by Gasteiger charge is 2.26. The lowest BCUT2D eigenvalue weighted by molar-refractivity contribution is -0.122. The van der Waals surface area contributed by atoms with Crippen LogP contribution < -0.4 is 5.32 Å². The summed E-state index contributed by atoms with van der Waals surface area (Å²) in [5.74, 6) is 1.04. The molecule has 0 spiro atoms. The summed E-state index contributed by atoms with van der Waals surface area (Å²) in [6.07, 6.45) is 4.49. The van der Waals surface area contributed by atoms with Crippen molar-refractivity contribution in [3.05, 3.63) is 59.5 Å². The molecule has 31 heavy (non-hydrogen) atoms. The number of fused-ring (bicyclic) bond motifs is 1. The molecular weight excluding hydrogens is 434 g/mol. The van der Waals surface area contributed by atoms with Crippen LogP contribution in [-0.2, 0) is 14.8 Å². The smallest absolute Gasteiger partial charge is 0.243 e. The number of carbonyl (C=O) groups is 1. The molecule has 2 heterocycles. The molecule has 0 bridgehead atoms.